The Hall–Kier alpha value is -2.56. The van der Waals surface area contributed by atoms with Gasteiger partial charge in [0.25, 0.3) is 0 Å². The zero-order valence-corrected chi connectivity index (χ0v) is 14.2. The molecular weight excluding hydrogens is 298 g/mol. The van der Waals surface area contributed by atoms with Gasteiger partial charge in [-0.15, -0.1) is 6.58 Å². The smallest absolute Gasteiger partial charge is 0.224 e. The quantitative estimate of drug-likeness (QED) is 0.785. The van der Waals surface area contributed by atoms with Crippen LogP contribution in [0.2, 0.25) is 0 Å². The van der Waals surface area contributed by atoms with Gasteiger partial charge in [-0.2, -0.15) is 4.98 Å². The molecule has 0 amide bonds. The van der Waals surface area contributed by atoms with Gasteiger partial charge in [0.05, 0.1) is 0 Å². The minimum Gasteiger partial charge on any atom is -0.372 e. The number of nitrogens with zero attached hydrogens (tertiary/aromatic N) is 3. The second-order valence-corrected chi connectivity index (χ2v) is 6.28. The molecule has 5 nitrogen and oxygen atoms in total. The molecule has 0 saturated carbocycles. The molecule has 1 fully saturated rings. The van der Waals surface area contributed by atoms with Crippen LogP contribution < -0.4 is 15.5 Å². The Morgan fingerprint density at radius 1 is 1.21 bits per heavy atom. The fourth-order valence-corrected chi connectivity index (χ4v) is 2.85. The van der Waals surface area contributed by atoms with Crippen LogP contribution in [0.15, 0.2) is 49.2 Å². The van der Waals surface area contributed by atoms with E-state index in [2.05, 4.69) is 63.3 Å². The lowest BCUT2D eigenvalue weighted by Gasteiger charge is -2.32. The third kappa shape index (κ3) is 4.25. The van der Waals surface area contributed by atoms with Gasteiger partial charge in [-0.3, -0.25) is 0 Å². The summed E-state index contributed by atoms with van der Waals surface area (Å²) >= 11 is 0. The molecule has 1 aliphatic rings. The number of hydrogen-bond acceptors (Lipinski definition) is 5. The molecule has 1 aromatic carbocycles. The van der Waals surface area contributed by atoms with E-state index in [1.165, 1.54) is 18.5 Å². The van der Waals surface area contributed by atoms with Crippen molar-refractivity contribution >= 4 is 23.1 Å². The highest BCUT2D eigenvalue weighted by Gasteiger charge is 2.15. The van der Waals surface area contributed by atoms with Crippen LogP contribution in [0.3, 0.4) is 0 Å². The van der Waals surface area contributed by atoms with Gasteiger partial charge in [-0.1, -0.05) is 13.0 Å². The van der Waals surface area contributed by atoms with Crippen molar-refractivity contribution in [1.82, 2.24) is 9.97 Å². The fraction of sp³-hybridized carbons (Fsp3) is 0.368. The molecule has 0 atom stereocenters. The number of aromatic nitrogens is 2. The largest absolute Gasteiger partial charge is 0.372 e. The SMILES string of the molecule is C=CCNc1nccc(Nc2ccc(N3CCC(C)CC3)cc2)n1. The number of hydrogen-bond donors (Lipinski definition) is 2. The Balaban J connectivity index is 1.62. The van der Waals surface area contributed by atoms with Crippen LogP contribution in [0.25, 0.3) is 0 Å². The summed E-state index contributed by atoms with van der Waals surface area (Å²) in [5.41, 5.74) is 2.32. The molecule has 2 N–H and O–H groups in total. The summed E-state index contributed by atoms with van der Waals surface area (Å²) in [6.07, 6.45) is 6.08. The van der Waals surface area contributed by atoms with E-state index in [0.29, 0.717) is 12.5 Å². The van der Waals surface area contributed by atoms with E-state index in [-0.39, 0.29) is 0 Å². The maximum absolute atomic E-state index is 4.43. The van der Waals surface area contributed by atoms with Crippen LogP contribution in [-0.2, 0) is 0 Å². The Morgan fingerprint density at radius 3 is 2.67 bits per heavy atom. The number of rotatable bonds is 6. The van der Waals surface area contributed by atoms with Crippen LogP contribution in [0.4, 0.5) is 23.1 Å². The van der Waals surface area contributed by atoms with E-state index in [9.17, 15) is 0 Å². The molecule has 0 aliphatic carbocycles. The first-order valence-electron chi connectivity index (χ1n) is 8.54. The van der Waals surface area contributed by atoms with Crippen molar-refractivity contribution in [3.8, 4) is 0 Å². The molecule has 126 valence electrons. The second kappa shape index (κ2) is 7.81. The number of benzene rings is 1. The molecule has 5 heteroatoms. The van der Waals surface area contributed by atoms with Crippen LogP contribution in [-0.4, -0.2) is 29.6 Å². The molecule has 2 aromatic rings. The van der Waals surface area contributed by atoms with Crippen molar-refractivity contribution in [3.63, 3.8) is 0 Å². The van der Waals surface area contributed by atoms with Gasteiger partial charge in [-0.05, 0) is 49.1 Å². The molecule has 0 radical (unpaired) electrons. The minimum absolute atomic E-state index is 0.596. The average Bonchev–Trinajstić information content (AvgIpc) is 2.62. The molecule has 0 unspecified atom stereocenters. The van der Waals surface area contributed by atoms with Crippen molar-refractivity contribution < 1.29 is 0 Å². The first kappa shape index (κ1) is 16.3. The highest BCUT2D eigenvalue weighted by Crippen LogP contribution is 2.25. The molecule has 1 aromatic heterocycles. The minimum atomic E-state index is 0.596. The van der Waals surface area contributed by atoms with E-state index < -0.39 is 0 Å². The van der Waals surface area contributed by atoms with E-state index in [1.807, 2.05) is 6.07 Å². The number of anilines is 4. The van der Waals surface area contributed by atoms with E-state index in [4.69, 9.17) is 0 Å². The summed E-state index contributed by atoms with van der Waals surface area (Å²) in [5, 5.41) is 6.41. The summed E-state index contributed by atoms with van der Waals surface area (Å²) in [4.78, 5) is 11.1. The zero-order valence-electron chi connectivity index (χ0n) is 14.2. The molecular formula is C19H25N5. The highest BCUT2D eigenvalue weighted by molar-refractivity contribution is 5.61. The molecule has 24 heavy (non-hydrogen) atoms. The normalized spacial score (nSPS) is 15.1. The van der Waals surface area contributed by atoms with Gasteiger partial charge in [0.15, 0.2) is 0 Å². The van der Waals surface area contributed by atoms with Crippen molar-refractivity contribution in [1.29, 1.82) is 0 Å². The topological polar surface area (TPSA) is 53.1 Å². The predicted molar refractivity (Wildman–Crippen MR) is 101 cm³/mol. The third-order valence-electron chi connectivity index (χ3n) is 4.35. The molecule has 1 aliphatic heterocycles. The van der Waals surface area contributed by atoms with Crippen LogP contribution in [0.5, 0.6) is 0 Å². The maximum Gasteiger partial charge on any atom is 0.224 e. The summed E-state index contributed by atoms with van der Waals surface area (Å²) in [5.74, 6) is 2.22. The highest BCUT2D eigenvalue weighted by atomic mass is 15.1. The van der Waals surface area contributed by atoms with E-state index >= 15 is 0 Å². The van der Waals surface area contributed by atoms with Crippen LogP contribution >= 0.6 is 0 Å². The van der Waals surface area contributed by atoms with E-state index in [1.54, 1.807) is 12.3 Å². The van der Waals surface area contributed by atoms with Gasteiger partial charge in [0, 0.05) is 37.2 Å². The molecule has 3 rings (SSSR count). The zero-order chi connectivity index (χ0) is 16.8. The predicted octanol–water partition coefficient (Wildman–Crippen LogP) is 4.05. The Labute approximate surface area is 143 Å². The van der Waals surface area contributed by atoms with Gasteiger partial charge < -0.3 is 15.5 Å². The Bertz CT molecular complexity index is 660. The van der Waals surface area contributed by atoms with Gasteiger partial charge >= 0.3 is 0 Å². The van der Waals surface area contributed by atoms with Crippen molar-refractivity contribution in [2.45, 2.75) is 19.8 Å². The Morgan fingerprint density at radius 2 is 1.96 bits per heavy atom. The molecule has 0 bridgehead atoms. The third-order valence-corrected chi connectivity index (χ3v) is 4.35. The van der Waals surface area contributed by atoms with Crippen molar-refractivity contribution in [3.05, 3.63) is 49.2 Å². The van der Waals surface area contributed by atoms with Crippen LogP contribution in [0, 0.1) is 5.92 Å². The standard InChI is InChI=1S/C19H25N5/c1-3-11-20-19-21-12-8-18(23-19)22-16-4-6-17(7-5-16)24-13-9-15(2)10-14-24/h3-8,12,15H,1,9-11,13-14H2,2H3,(H2,20,21,22,23). The summed E-state index contributed by atoms with van der Waals surface area (Å²) < 4.78 is 0. The van der Waals surface area contributed by atoms with Gasteiger partial charge in [0.1, 0.15) is 5.82 Å². The summed E-state index contributed by atoms with van der Waals surface area (Å²) in [6.45, 7) is 8.96. The lowest BCUT2D eigenvalue weighted by Crippen LogP contribution is -2.32. The lowest BCUT2D eigenvalue weighted by molar-refractivity contribution is 0.438. The molecule has 1 saturated heterocycles. The van der Waals surface area contributed by atoms with Gasteiger partial charge in [0.2, 0.25) is 5.95 Å². The van der Waals surface area contributed by atoms with Gasteiger partial charge in [-0.25, -0.2) is 4.98 Å². The maximum atomic E-state index is 4.43. The summed E-state index contributed by atoms with van der Waals surface area (Å²) in [6, 6.07) is 10.4. The average molecular weight is 323 g/mol. The number of piperidine rings is 1. The molecule has 0 spiro atoms. The fourth-order valence-electron chi connectivity index (χ4n) is 2.85. The lowest BCUT2D eigenvalue weighted by atomic mass is 9.99. The molecule has 2 heterocycles. The first-order chi connectivity index (χ1) is 11.7. The monoisotopic (exact) mass is 323 g/mol. The Kier molecular flexibility index (Phi) is 5.31. The summed E-state index contributed by atoms with van der Waals surface area (Å²) in [7, 11) is 0. The number of nitrogens with one attached hydrogen (secondary N) is 2. The van der Waals surface area contributed by atoms with E-state index in [0.717, 1.165) is 30.5 Å². The first-order valence-corrected chi connectivity index (χ1v) is 8.54. The van der Waals surface area contributed by atoms with Crippen molar-refractivity contribution in [2.75, 3.05) is 35.2 Å². The van der Waals surface area contributed by atoms with Crippen LogP contribution in [0.1, 0.15) is 19.8 Å². The van der Waals surface area contributed by atoms with Crippen molar-refractivity contribution in [2.24, 2.45) is 5.92 Å². The second-order valence-electron chi connectivity index (χ2n) is 6.28.